The van der Waals surface area contributed by atoms with Gasteiger partial charge in [-0.15, -0.1) is 0 Å². The molecule has 9 nitrogen and oxygen atoms in total. The summed E-state index contributed by atoms with van der Waals surface area (Å²) in [5, 5.41) is 53.3. The molecule has 3 aliphatic carbocycles. The Bertz CT molecular complexity index is 1050. The van der Waals surface area contributed by atoms with Gasteiger partial charge in [-0.05, 0) is 17.5 Å². The number of phenolic OH excluding ortho intramolecular Hbond substituents is 1. The van der Waals surface area contributed by atoms with Gasteiger partial charge in [0.25, 0.3) is 5.91 Å². The molecule has 4 rings (SSSR count). The number of amides is 1. The second kappa shape index (κ2) is 5.91. The van der Waals surface area contributed by atoms with Gasteiger partial charge in [0, 0.05) is 23.8 Å². The van der Waals surface area contributed by atoms with Crippen molar-refractivity contribution < 1.29 is 39.9 Å². The predicted octanol–water partition coefficient (Wildman–Crippen LogP) is 0.112. The molecule has 0 saturated heterocycles. The summed E-state index contributed by atoms with van der Waals surface area (Å²) in [6, 6.07) is 4.43. The number of aliphatic hydroxyl groups excluding tert-OH is 3. The van der Waals surface area contributed by atoms with E-state index in [-0.39, 0.29) is 11.3 Å². The minimum atomic E-state index is -2.81. The van der Waals surface area contributed by atoms with Gasteiger partial charge >= 0.3 is 0 Å². The first kappa shape index (κ1) is 19.2. The van der Waals surface area contributed by atoms with Crippen LogP contribution in [0.15, 0.2) is 40.9 Å². The third kappa shape index (κ3) is 2.19. The Morgan fingerprint density at radius 3 is 2.48 bits per heavy atom. The lowest BCUT2D eigenvalue weighted by Gasteiger charge is -2.50. The summed E-state index contributed by atoms with van der Waals surface area (Å²) < 4.78 is 0. The van der Waals surface area contributed by atoms with Gasteiger partial charge in [-0.25, -0.2) is 0 Å². The van der Waals surface area contributed by atoms with Crippen molar-refractivity contribution in [2.24, 2.45) is 17.6 Å². The number of benzene rings is 1. The van der Waals surface area contributed by atoms with Crippen molar-refractivity contribution in [2.75, 3.05) is 0 Å². The lowest BCUT2D eigenvalue weighted by Crippen LogP contribution is -2.62. The molecule has 0 aliphatic heterocycles. The summed E-state index contributed by atoms with van der Waals surface area (Å²) in [5.41, 5.74) is 1.38. The number of nitrogens with two attached hydrogens (primary N) is 1. The van der Waals surface area contributed by atoms with E-state index in [1.54, 1.807) is 13.0 Å². The monoisotopic (exact) mass is 401 g/mol. The average molecular weight is 401 g/mol. The maximum Gasteiger partial charge on any atom is 0.255 e. The molecule has 0 fully saturated rings. The fourth-order valence-electron chi connectivity index (χ4n) is 4.95. The van der Waals surface area contributed by atoms with E-state index in [1.165, 1.54) is 12.1 Å². The number of ketones is 2. The van der Waals surface area contributed by atoms with Crippen LogP contribution in [0, 0.1) is 11.8 Å². The number of phenols is 1. The van der Waals surface area contributed by atoms with E-state index < -0.39 is 76.0 Å². The van der Waals surface area contributed by atoms with Gasteiger partial charge in [-0.3, -0.25) is 14.4 Å². The van der Waals surface area contributed by atoms with Crippen LogP contribution in [0.1, 0.15) is 35.2 Å². The topological polar surface area (TPSA) is 178 Å². The van der Waals surface area contributed by atoms with E-state index in [9.17, 15) is 39.9 Å². The third-order valence-corrected chi connectivity index (χ3v) is 6.36. The fraction of sp³-hybridized carbons (Fsp3) is 0.350. The van der Waals surface area contributed by atoms with E-state index in [0.717, 1.165) is 0 Å². The summed E-state index contributed by atoms with van der Waals surface area (Å²) in [4.78, 5) is 37.5. The Morgan fingerprint density at radius 2 is 1.86 bits per heavy atom. The number of aromatic hydroxyl groups is 1. The maximum absolute atomic E-state index is 13.1. The lowest BCUT2D eigenvalue weighted by molar-refractivity contribution is -0.154. The molecule has 3 aliphatic rings. The summed E-state index contributed by atoms with van der Waals surface area (Å²) in [7, 11) is 0. The number of fused-ring (bicyclic) bond motifs is 3. The van der Waals surface area contributed by atoms with Crippen LogP contribution in [0.4, 0.5) is 0 Å². The third-order valence-electron chi connectivity index (χ3n) is 6.36. The standard InChI is InChI=1S/C20H19NO8/c1-6-7-3-2-4-9(22)12(7)16(25)14-11(6)15(24)8-5-10(23)13(19(21)28)17(26)20(8,29)18(14)27/h2-4,6,8,11,15,22-24,27,29H,5H2,1H3,(H2,21,28)/t6-,8?,11?,15+,20+/m0/s1. The second-order valence-electron chi connectivity index (χ2n) is 7.73. The SMILES string of the molecule is C[C@H]1c2cccc(O)c2C(=O)C2=C(O)[C@]3(O)C(=O)C(C(N)=O)=C(O)CC3[C@@H](O)C21. The lowest BCUT2D eigenvalue weighted by atomic mass is 9.56. The Labute approximate surface area is 164 Å². The van der Waals surface area contributed by atoms with Gasteiger partial charge in [0.2, 0.25) is 5.78 Å². The molecule has 0 radical (unpaired) electrons. The molecule has 0 saturated carbocycles. The van der Waals surface area contributed by atoms with Crippen LogP contribution in [0.2, 0.25) is 0 Å². The number of primary amides is 1. The molecule has 1 amide bonds. The van der Waals surface area contributed by atoms with Gasteiger partial charge in [0.1, 0.15) is 22.8 Å². The molecule has 9 heteroatoms. The summed E-state index contributed by atoms with van der Waals surface area (Å²) >= 11 is 0. The molecule has 1 aromatic carbocycles. The van der Waals surface area contributed by atoms with Crippen molar-refractivity contribution in [3.05, 3.63) is 52.0 Å². The highest BCUT2D eigenvalue weighted by molar-refractivity contribution is 6.24. The first-order valence-electron chi connectivity index (χ1n) is 9.00. The highest BCUT2D eigenvalue weighted by Gasteiger charge is 2.64. The minimum Gasteiger partial charge on any atom is -0.511 e. The molecule has 5 atom stereocenters. The summed E-state index contributed by atoms with van der Waals surface area (Å²) in [6.07, 6.45) is -2.01. The Hall–Kier alpha value is -3.17. The summed E-state index contributed by atoms with van der Waals surface area (Å²) in [6.45, 7) is 1.67. The van der Waals surface area contributed by atoms with Crippen molar-refractivity contribution in [1.29, 1.82) is 0 Å². The van der Waals surface area contributed by atoms with Crippen LogP contribution in [0.3, 0.4) is 0 Å². The van der Waals surface area contributed by atoms with E-state index in [4.69, 9.17) is 5.73 Å². The largest absolute Gasteiger partial charge is 0.511 e. The number of hydrogen-bond donors (Lipinski definition) is 6. The Morgan fingerprint density at radius 1 is 1.21 bits per heavy atom. The highest BCUT2D eigenvalue weighted by atomic mass is 16.4. The minimum absolute atomic E-state index is 0.0937. The van der Waals surface area contributed by atoms with Crippen LogP contribution in [-0.4, -0.2) is 54.7 Å². The highest BCUT2D eigenvalue weighted by Crippen LogP contribution is 2.54. The summed E-state index contributed by atoms with van der Waals surface area (Å²) in [5.74, 6) is -8.53. The van der Waals surface area contributed by atoms with Gasteiger partial charge in [-0.2, -0.15) is 0 Å². The Kier molecular flexibility index (Phi) is 3.91. The van der Waals surface area contributed by atoms with E-state index in [2.05, 4.69) is 0 Å². The van der Waals surface area contributed by atoms with Gasteiger partial charge in [0.05, 0.1) is 11.7 Å². The predicted molar refractivity (Wildman–Crippen MR) is 96.9 cm³/mol. The molecule has 0 bridgehead atoms. The zero-order chi connectivity index (χ0) is 21.4. The number of Topliss-reactive ketones (excluding diaryl/α,β-unsaturated/α-hetero) is 2. The van der Waals surface area contributed by atoms with E-state index in [1.807, 2.05) is 0 Å². The van der Waals surface area contributed by atoms with E-state index >= 15 is 0 Å². The zero-order valence-corrected chi connectivity index (χ0v) is 15.3. The Balaban J connectivity index is 2.00. The molecule has 29 heavy (non-hydrogen) atoms. The zero-order valence-electron chi connectivity index (χ0n) is 15.3. The number of carbonyl (C=O) groups is 3. The quantitative estimate of drug-likeness (QED) is 0.359. The molecule has 0 aromatic heterocycles. The first-order chi connectivity index (χ1) is 13.5. The van der Waals surface area contributed by atoms with Gasteiger partial charge in [-0.1, -0.05) is 19.1 Å². The number of rotatable bonds is 1. The maximum atomic E-state index is 13.1. The normalized spacial score (nSPS) is 33.9. The molecule has 152 valence electrons. The molecule has 0 heterocycles. The number of aliphatic hydroxyl groups is 4. The van der Waals surface area contributed by atoms with E-state index in [0.29, 0.717) is 5.56 Å². The van der Waals surface area contributed by atoms with Crippen LogP contribution in [0.25, 0.3) is 0 Å². The van der Waals surface area contributed by atoms with Crippen molar-refractivity contribution in [2.45, 2.75) is 31.0 Å². The molecule has 0 spiro atoms. The van der Waals surface area contributed by atoms with Crippen molar-refractivity contribution in [3.8, 4) is 5.75 Å². The van der Waals surface area contributed by atoms with Crippen LogP contribution < -0.4 is 5.73 Å². The number of allylic oxidation sites excluding steroid dienone is 1. The van der Waals surface area contributed by atoms with Crippen molar-refractivity contribution >= 4 is 17.5 Å². The van der Waals surface area contributed by atoms with Gasteiger partial charge in [0.15, 0.2) is 11.4 Å². The molecular weight excluding hydrogens is 382 g/mol. The number of carbonyl (C=O) groups excluding carboxylic acids is 3. The van der Waals surface area contributed by atoms with Crippen molar-refractivity contribution in [1.82, 2.24) is 0 Å². The molecule has 7 N–H and O–H groups in total. The molecular formula is C20H19NO8. The fourth-order valence-corrected chi connectivity index (χ4v) is 4.95. The first-order valence-corrected chi connectivity index (χ1v) is 9.00. The van der Waals surface area contributed by atoms with Crippen molar-refractivity contribution in [3.63, 3.8) is 0 Å². The van der Waals surface area contributed by atoms with Crippen LogP contribution in [-0.2, 0) is 9.59 Å². The number of hydrogen-bond acceptors (Lipinski definition) is 8. The molecule has 2 unspecified atom stereocenters. The smallest absolute Gasteiger partial charge is 0.255 e. The second-order valence-corrected chi connectivity index (χ2v) is 7.73. The van der Waals surface area contributed by atoms with Crippen LogP contribution in [0.5, 0.6) is 5.75 Å². The van der Waals surface area contributed by atoms with Gasteiger partial charge < -0.3 is 31.3 Å². The average Bonchev–Trinajstić information content (AvgIpc) is 2.65. The molecule has 1 aromatic rings. The van der Waals surface area contributed by atoms with Crippen LogP contribution >= 0.6 is 0 Å².